The van der Waals surface area contributed by atoms with Gasteiger partial charge in [0.25, 0.3) is 5.91 Å². The Balaban J connectivity index is 1.69. The number of rotatable bonds is 8. The van der Waals surface area contributed by atoms with Gasteiger partial charge in [0.15, 0.2) is 6.61 Å². The summed E-state index contributed by atoms with van der Waals surface area (Å²) in [6.45, 7) is -0.537. The first kappa shape index (κ1) is 22.5. The number of hydrogen-bond donors (Lipinski definition) is 2. The van der Waals surface area contributed by atoms with Crippen molar-refractivity contribution in [1.29, 1.82) is 0 Å². The fourth-order valence-corrected chi connectivity index (χ4v) is 4.39. The monoisotopic (exact) mass is 460 g/mol. The van der Waals surface area contributed by atoms with Gasteiger partial charge in [-0.1, -0.05) is 36.4 Å². The maximum absolute atomic E-state index is 12.5. The summed E-state index contributed by atoms with van der Waals surface area (Å²) in [5.41, 5.74) is 0.813. The molecule has 0 aliphatic heterocycles. The van der Waals surface area contributed by atoms with Crippen LogP contribution in [0.4, 0.5) is 0 Å². The van der Waals surface area contributed by atoms with Crippen LogP contribution in [0.15, 0.2) is 70.9 Å². The van der Waals surface area contributed by atoms with Gasteiger partial charge in [-0.3, -0.25) is 4.79 Å². The van der Waals surface area contributed by atoms with E-state index >= 15 is 0 Å². The van der Waals surface area contributed by atoms with Gasteiger partial charge in [0.05, 0.1) is 18.7 Å². The average Bonchev–Trinajstić information content (AvgIpc) is 3.30. The Morgan fingerprint density at radius 2 is 1.84 bits per heavy atom. The summed E-state index contributed by atoms with van der Waals surface area (Å²) in [5, 5.41) is 9.92. The predicted octanol–water partition coefficient (Wildman–Crippen LogP) is 2.47. The van der Waals surface area contributed by atoms with E-state index in [9.17, 15) is 18.0 Å². The number of methoxy groups -OCH3 is 1. The lowest BCUT2D eigenvalue weighted by molar-refractivity contribution is -0.124. The lowest BCUT2D eigenvalue weighted by Gasteiger charge is -2.18. The van der Waals surface area contributed by atoms with Crippen molar-refractivity contribution in [2.24, 2.45) is 5.14 Å². The van der Waals surface area contributed by atoms with E-state index in [1.807, 2.05) is 47.8 Å². The van der Waals surface area contributed by atoms with Gasteiger partial charge in [0.1, 0.15) is 10.6 Å². The van der Waals surface area contributed by atoms with E-state index in [2.05, 4.69) is 5.32 Å². The smallest absolute Gasteiger partial charge is 0.338 e. The van der Waals surface area contributed by atoms with Gasteiger partial charge in [-0.15, -0.1) is 11.3 Å². The van der Waals surface area contributed by atoms with Crippen LogP contribution in [0.25, 0.3) is 0 Å². The molecule has 1 unspecified atom stereocenters. The molecule has 162 valence electrons. The van der Waals surface area contributed by atoms with Crippen LogP contribution < -0.4 is 15.2 Å². The van der Waals surface area contributed by atoms with E-state index in [0.29, 0.717) is 0 Å². The zero-order valence-corrected chi connectivity index (χ0v) is 18.1. The van der Waals surface area contributed by atoms with Crippen molar-refractivity contribution in [1.82, 2.24) is 5.32 Å². The molecule has 0 spiro atoms. The van der Waals surface area contributed by atoms with Crippen LogP contribution in [0, 0.1) is 0 Å². The minimum Gasteiger partial charge on any atom is -0.495 e. The highest BCUT2D eigenvalue weighted by Crippen LogP contribution is 2.26. The number of thiophene rings is 1. The summed E-state index contributed by atoms with van der Waals surface area (Å²) in [5.74, 6) is -1.37. The van der Waals surface area contributed by atoms with Gasteiger partial charge in [-0.2, -0.15) is 0 Å². The number of benzene rings is 2. The van der Waals surface area contributed by atoms with E-state index in [4.69, 9.17) is 14.6 Å². The Bertz CT molecular complexity index is 1160. The summed E-state index contributed by atoms with van der Waals surface area (Å²) in [6, 6.07) is 16.5. The van der Waals surface area contributed by atoms with E-state index in [1.54, 1.807) is 0 Å². The summed E-state index contributed by atoms with van der Waals surface area (Å²) in [4.78, 5) is 25.4. The Morgan fingerprint density at radius 1 is 1.10 bits per heavy atom. The Kier molecular flexibility index (Phi) is 7.06. The molecule has 2 aromatic carbocycles. The van der Waals surface area contributed by atoms with Gasteiger partial charge in [-0.25, -0.2) is 18.4 Å². The number of primary sulfonamides is 1. The Morgan fingerprint density at radius 3 is 2.45 bits per heavy atom. The second-order valence-corrected chi connectivity index (χ2v) is 8.92. The number of ether oxygens (including phenoxy) is 2. The van der Waals surface area contributed by atoms with Crippen molar-refractivity contribution in [3.63, 3.8) is 0 Å². The van der Waals surface area contributed by atoms with Crippen molar-refractivity contribution in [2.75, 3.05) is 13.7 Å². The number of carbonyl (C=O) groups excluding carboxylic acids is 2. The zero-order chi connectivity index (χ0) is 22.4. The molecule has 3 N–H and O–H groups in total. The lowest BCUT2D eigenvalue weighted by atomic mass is 10.1. The van der Waals surface area contributed by atoms with Crippen molar-refractivity contribution in [3.05, 3.63) is 82.0 Å². The quantitative estimate of drug-likeness (QED) is 0.498. The molecule has 0 aliphatic rings. The first-order valence-corrected chi connectivity index (χ1v) is 11.5. The van der Waals surface area contributed by atoms with Crippen LogP contribution in [0.3, 0.4) is 0 Å². The largest absolute Gasteiger partial charge is 0.495 e. The van der Waals surface area contributed by atoms with Gasteiger partial charge < -0.3 is 14.8 Å². The van der Waals surface area contributed by atoms with Gasteiger partial charge in [0, 0.05) is 4.88 Å². The van der Waals surface area contributed by atoms with Gasteiger partial charge >= 0.3 is 5.97 Å². The van der Waals surface area contributed by atoms with Gasteiger partial charge in [0.2, 0.25) is 10.0 Å². The van der Waals surface area contributed by atoms with Crippen LogP contribution in [0.5, 0.6) is 5.75 Å². The van der Waals surface area contributed by atoms with Crippen LogP contribution >= 0.6 is 11.3 Å². The third kappa shape index (κ3) is 5.69. The minimum absolute atomic E-state index is 0.00144. The Labute approximate surface area is 183 Å². The third-order valence-electron chi connectivity index (χ3n) is 4.31. The van der Waals surface area contributed by atoms with Crippen LogP contribution in [0.2, 0.25) is 0 Å². The molecule has 1 amide bonds. The number of nitrogens with two attached hydrogens (primary N) is 1. The summed E-state index contributed by atoms with van der Waals surface area (Å²) < 4.78 is 33.4. The normalized spacial score (nSPS) is 12.1. The van der Waals surface area contributed by atoms with E-state index in [-0.39, 0.29) is 22.3 Å². The lowest BCUT2D eigenvalue weighted by Crippen LogP contribution is -2.32. The number of amides is 1. The number of hydrogen-bond acceptors (Lipinski definition) is 7. The molecule has 1 aromatic heterocycles. The predicted molar refractivity (Wildman–Crippen MR) is 115 cm³/mol. The third-order valence-corrected chi connectivity index (χ3v) is 6.18. The minimum atomic E-state index is -4.12. The molecule has 3 rings (SSSR count). The fourth-order valence-electron chi connectivity index (χ4n) is 2.86. The molecular weight excluding hydrogens is 440 g/mol. The van der Waals surface area contributed by atoms with E-state index in [0.717, 1.165) is 16.5 Å². The molecular formula is C21H20N2O6S2. The molecule has 0 saturated carbocycles. The van der Waals surface area contributed by atoms with Crippen molar-refractivity contribution >= 4 is 33.2 Å². The number of nitrogens with one attached hydrogen (secondary N) is 1. The molecule has 1 heterocycles. The van der Waals surface area contributed by atoms with Crippen LogP contribution in [-0.4, -0.2) is 34.0 Å². The fraction of sp³-hybridized carbons (Fsp3) is 0.143. The molecule has 31 heavy (non-hydrogen) atoms. The van der Waals surface area contributed by atoms with Gasteiger partial charge in [-0.05, 0) is 35.2 Å². The van der Waals surface area contributed by atoms with E-state index < -0.39 is 28.5 Å². The van der Waals surface area contributed by atoms with Crippen molar-refractivity contribution in [2.45, 2.75) is 10.9 Å². The molecule has 1 atom stereocenters. The summed E-state index contributed by atoms with van der Waals surface area (Å²) >= 11 is 1.49. The first-order valence-electron chi connectivity index (χ1n) is 9.05. The Hall–Kier alpha value is -3.21. The summed E-state index contributed by atoms with van der Waals surface area (Å²) in [7, 11) is -2.83. The molecule has 0 fully saturated rings. The highest BCUT2D eigenvalue weighted by Gasteiger charge is 2.21. The molecule has 0 aliphatic carbocycles. The van der Waals surface area contributed by atoms with Crippen LogP contribution in [0.1, 0.15) is 26.8 Å². The number of esters is 1. The average molecular weight is 461 g/mol. The number of carbonyl (C=O) groups is 2. The molecule has 3 aromatic rings. The highest BCUT2D eigenvalue weighted by atomic mass is 32.2. The molecule has 8 nitrogen and oxygen atoms in total. The standard InChI is InChI=1S/C21H20N2O6S2/c1-28-16-10-9-15(12-18(16)31(22,26)27)21(25)29-13-19(24)23-20(17-8-5-11-30-17)14-6-3-2-4-7-14/h2-12,20H,13H2,1H3,(H,23,24)(H2,22,26,27). The second kappa shape index (κ2) is 9.73. The first-order chi connectivity index (χ1) is 14.8. The number of sulfonamides is 1. The van der Waals surface area contributed by atoms with E-state index in [1.165, 1.54) is 30.6 Å². The highest BCUT2D eigenvalue weighted by molar-refractivity contribution is 7.89. The zero-order valence-electron chi connectivity index (χ0n) is 16.5. The second-order valence-electron chi connectivity index (χ2n) is 6.41. The SMILES string of the molecule is COc1ccc(C(=O)OCC(=O)NC(c2ccccc2)c2cccs2)cc1S(N)(=O)=O. The topological polar surface area (TPSA) is 125 Å². The summed E-state index contributed by atoms with van der Waals surface area (Å²) in [6.07, 6.45) is 0. The molecule has 0 saturated heterocycles. The molecule has 10 heteroatoms. The molecule has 0 bridgehead atoms. The van der Waals surface area contributed by atoms with Crippen molar-refractivity contribution in [3.8, 4) is 5.75 Å². The van der Waals surface area contributed by atoms with Crippen LogP contribution in [-0.2, 0) is 19.6 Å². The van der Waals surface area contributed by atoms with Crippen molar-refractivity contribution < 1.29 is 27.5 Å². The molecule has 0 radical (unpaired) electrons. The maximum Gasteiger partial charge on any atom is 0.338 e. The maximum atomic E-state index is 12.5.